The number of pyridine rings is 1. The summed E-state index contributed by atoms with van der Waals surface area (Å²) < 4.78 is 27.4. The van der Waals surface area contributed by atoms with Crippen molar-refractivity contribution in [3.05, 3.63) is 18.5 Å². The zero-order chi connectivity index (χ0) is 13.9. The number of nitrogens with one attached hydrogen (secondary N) is 1. The number of thioether (sulfide) groups is 1. The molecule has 5 nitrogen and oxygen atoms in total. The summed E-state index contributed by atoms with van der Waals surface area (Å²) in [7, 11) is -3.58. The minimum atomic E-state index is -3.58. The van der Waals surface area contributed by atoms with E-state index in [1.807, 2.05) is 11.8 Å². The standard InChI is InChI=1S/C12H19N3O2S2/c1-2-18-11-5-3-4-10(11)15-19(16,17)12-8-14-7-6-9(12)13/h6-8,10-11,15H,2-5H2,1H3,(H2,13,14). The van der Waals surface area contributed by atoms with Crippen LogP contribution in [0.3, 0.4) is 0 Å². The fourth-order valence-electron chi connectivity index (χ4n) is 2.35. The molecule has 1 saturated carbocycles. The van der Waals surface area contributed by atoms with Crippen molar-refractivity contribution in [1.82, 2.24) is 9.71 Å². The van der Waals surface area contributed by atoms with Crippen LogP contribution >= 0.6 is 11.8 Å². The van der Waals surface area contributed by atoms with Crippen LogP contribution in [0.4, 0.5) is 5.69 Å². The van der Waals surface area contributed by atoms with Crippen molar-refractivity contribution in [2.45, 2.75) is 42.4 Å². The number of nitrogens with two attached hydrogens (primary N) is 1. The van der Waals surface area contributed by atoms with Crippen molar-refractivity contribution in [1.29, 1.82) is 0 Å². The first-order chi connectivity index (χ1) is 9.04. The van der Waals surface area contributed by atoms with Gasteiger partial charge in [-0.05, 0) is 24.7 Å². The van der Waals surface area contributed by atoms with Gasteiger partial charge in [0.05, 0.1) is 5.69 Å². The van der Waals surface area contributed by atoms with E-state index in [2.05, 4.69) is 16.6 Å². The Morgan fingerprint density at radius 3 is 3.00 bits per heavy atom. The van der Waals surface area contributed by atoms with E-state index in [1.165, 1.54) is 18.5 Å². The number of rotatable bonds is 5. The van der Waals surface area contributed by atoms with E-state index in [9.17, 15) is 8.42 Å². The van der Waals surface area contributed by atoms with Crippen LogP contribution in [-0.4, -0.2) is 30.4 Å². The molecule has 106 valence electrons. The predicted octanol–water partition coefficient (Wildman–Crippen LogP) is 1.62. The Labute approximate surface area is 118 Å². The van der Waals surface area contributed by atoms with Crippen molar-refractivity contribution < 1.29 is 8.42 Å². The molecule has 0 bridgehead atoms. The highest BCUT2D eigenvalue weighted by molar-refractivity contribution is 8.00. The number of nitrogens with zero attached hydrogens (tertiary/aromatic N) is 1. The minimum absolute atomic E-state index is 0.00504. The van der Waals surface area contributed by atoms with Crippen molar-refractivity contribution in [3.63, 3.8) is 0 Å². The zero-order valence-corrected chi connectivity index (χ0v) is 12.5. The van der Waals surface area contributed by atoms with Crippen LogP contribution in [0, 0.1) is 0 Å². The highest BCUT2D eigenvalue weighted by atomic mass is 32.2. The third kappa shape index (κ3) is 3.40. The molecule has 1 aliphatic carbocycles. The van der Waals surface area contributed by atoms with Gasteiger partial charge in [-0.1, -0.05) is 13.3 Å². The molecule has 0 saturated heterocycles. The number of sulfonamides is 1. The number of hydrogen-bond acceptors (Lipinski definition) is 5. The lowest BCUT2D eigenvalue weighted by atomic mass is 10.3. The fraction of sp³-hybridized carbons (Fsp3) is 0.583. The molecule has 2 rings (SSSR count). The molecule has 1 aliphatic rings. The average molecular weight is 301 g/mol. The number of hydrogen-bond donors (Lipinski definition) is 2. The minimum Gasteiger partial charge on any atom is -0.398 e. The van der Waals surface area contributed by atoms with E-state index < -0.39 is 10.0 Å². The molecule has 2 atom stereocenters. The maximum atomic E-state index is 12.3. The van der Waals surface area contributed by atoms with Crippen LogP contribution in [-0.2, 0) is 10.0 Å². The molecule has 1 aromatic rings. The molecular weight excluding hydrogens is 282 g/mol. The van der Waals surface area contributed by atoms with Crippen LogP contribution in [0.15, 0.2) is 23.4 Å². The molecule has 7 heteroatoms. The molecule has 0 amide bonds. The Bertz CT molecular complexity index is 534. The summed E-state index contributed by atoms with van der Waals surface area (Å²) in [6.45, 7) is 2.09. The molecular formula is C12H19N3O2S2. The van der Waals surface area contributed by atoms with Crippen molar-refractivity contribution in [2.24, 2.45) is 0 Å². The SMILES string of the molecule is CCSC1CCCC1NS(=O)(=O)c1cnccc1N. The molecule has 19 heavy (non-hydrogen) atoms. The molecule has 0 aromatic carbocycles. The lowest BCUT2D eigenvalue weighted by Crippen LogP contribution is -2.39. The Morgan fingerprint density at radius 1 is 1.53 bits per heavy atom. The van der Waals surface area contributed by atoms with Gasteiger partial charge in [-0.25, -0.2) is 13.1 Å². The van der Waals surface area contributed by atoms with Crippen LogP contribution < -0.4 is 10.5 Å². The maximum absolute atomic E-state index is 12.3. The molecule has 0 aliphatic heterocycles. The summed E-state index contributed by atoms with van der Waals surface area (Å²) in [5.41, 5.74) is 5.95. The van der Waals surface area contributed by atoms with Gasteiger partial charge in [-0.3, -0.25) is 4.98 Å². The third-order valence-electron chi connectivity index (χ3n) is 3.25. The molecule has 1 fully saturated rings. The number of nitrogen functional groups attached to an aromatic ring is 1. The summed E-state index contributed by atoms with van der Waals surface area (Å²) in [5.74, 6) is 0.998. The van der Waals surface area contributed by atoms with E-state index in [0.717, 1.165) is 25.0 Å². The van der Waals surface area contributed by atoms with E-state index >= 15 is 0 Å². The smallest absolute Gasteiger partial charge is 0.244 e. The van der Waals surface area contributed by atoms with Crippen LogP contribution in [0.1, 0.15) is 26.2 Å². The second kappa shape index (κ2) is 6.11. The Hall–Kier alpha value is -0.790. The molecule has 2 unspecified atom stereocenters. The molecule has 3 N–H and O–H groups in total. The van der Waals surface area contributed by atoms with Gasteiger partial charge in [0.15, 0.2) is 0 Å². The zero-order valence-electron chi connectivity index (χ0n) is 10.9. The first-order valence-electron chi connectivity index (χ1n) is 6.38. The van der Waals surface area contributed by atoms with E-state index in [0.29, 0.717) is 5.25 Å². The van der Waals surface area contributed by atoms with Gasteiger partial charge in [0.2, 0.25) is 10.0 Å². The quantitative estimate of drug-likeness (QED) is 0.863. The van der Waals surface area contributed by atoms with Gasteiger partial charge >= 0.3 is 0 Å². The highest BCUT2D eigenvalue weighted by Gasteiger charge is 2.31. The van der Waals surface area contributed by atoms with Crippen molar-refractivity contribution in [2.75, 3.05) is 11.5 Å². The van der Waals surface area contributed by atoms with Gasteiger partial charge in [0, 0.05) is 23.7 Å². The van der Waals surface area contributed by atoms with Crippen LogP contribution in [0.5, 0.6) is 0 Å². The van der Waals surface area contributed by atoms with Crippen molar-refractivity contribution in [3.8, 4) is 0 Å². The van der Waals surface area contributed by atoms with E-state index in [1.54, 1.807) is 0 Å². The summed E-state index contributed by atoms with van der Waals surface area (Å²) >= 11 is 1.81. The summed E-state index contributed by atoms with van der Waals surface area (Å²) in [5, 5.41) is 0.359. The third-order valence-corrected chi connectivity index (χ3v) is 6.10. The fourth-order valence-corrected chi connectivity index (χ4v) is 5.02. The Kier molecular flexibility index (Phi) is 4.70. The number of aromatic nitrogens is 1. The Morgan fingerprint density at radius 2 is 2.32 bits per heavy atom. The van der Waals surface area contributed by atoms with Gasteiger partial charge < -0.3 is 5.73 Å². The normalized spacial score (nSPS) is 23.6. The van der Waals surface area contributed by atoms with Crippen LogP contribution in [0.2, 0.25) is 0 Å². The Balaban J connectivity index is 2.16. The topological polar surface area (TPSA) is 85.1 Å². The molecule has 0 spiro atoms. The first-order valence-corrected chi connectivity index (χ1v) is 8.91. The largest absolute Gasteiger partial charge is 0.398 e. The van der Waals surface area contributed by atoms with Gasteiger partial charge in [-0.2, -0.15) is 11.8 Å². The van der Waals surface area contributed by atoms with Gasteiger partial charge in [0.1, 0.15) is 4.90 Å². The lowest BCUT2D eigenvalue weighted by Gasteiger charge is -2.20. The van der Waals surface area contributed by atoms with Gasteiger partial charge in [0.25, 0.3) is 0 Å². The second-order valence-electron chi connectivity index (χ2n) is 4.57. The lowest BCUT2D eigenvalue weighted by molar-refractivity contribution is 0.555. The van der Waals surface area contributed by atoms with E-state index in [4.69, 9.17) is 5.73 Å². The van der Waals surface area contributed by atoms with E-state index in [-0.39, 0.29) is 16.6 Å². The monoisotopic (exact) mass is 301 g/mol. The average Bonchev–Trinajstić information content (AvgIpc) is 2.77. The summed E-state index contributed by atoms with van der Waals surface area (Å²) in [6, 6.07) is 1.50. The maximum Gasteiger partial charge on any atom is 0.244 e. The number of anilines is 1. The van der Waals surface area contributed by atoms with Gasteiger partial charge in [-0.15, -0.1) is 0 Å². The predicted molar refractivity (Wildman–Crippen MR) is 78.5 cm³/mol. The summed E-state index contributed by atoms with van der Waals surface area (Å²) in [4.78, 5) is 3.91. The second-order valence-corrected chi connectivity index (χ2v) is 7.76. The molecule has 0 radical (unpaired) electrons. The molecule has 1 aromatic heterocycles. The van der Waals surface area contributed by atoms with Crippen molar-refractivity contribution >= 4 is 27.5 Å². The first kappa shape index (κ1) is 14.6. The summed E-state index contributed by atoms with van der Waals surface area (Å²) in [6.07, 6.45) is 5.80. The van der Waals surface area contributed by atoms with Crippen LogP contribution in [0.25, 0.3) is 0 Å². The molecule has 1 heterocycles. The highest BCUT2D eigenvalue weighted by Crippen LogP contribution is 2.31.